The average Bonchev–Trinajstić information content (AvgIpc) is 2.22. The van der Waals surface area contributed by atoms with E-state index in [4.69, 9.17) is 5.73 Å². The maximum Gasteiger partial charge on any atom is 0.220 e. The summed E-state index contributed by atoms with van der Waals surface area (Å²) < 4.78 is 0. The first-order valence-electron chi connectivity index (χ1n) is 5.76. The number of hydrogen-bond acceptors (Lipinski definition) is 3. The maximum absolute atomic E-state index is 11.5. The van der Waals surface area contributed by atoms with Crippen LogP contribution in [-0.4, -0.2) is 30.0 Å². The van der Waals surface area contributed by atoms with E-state index in [1.807, 2.05) is 0 Å². The Hall–Kier alpha value is 0.0700. The molecule has 0 aromatic heterocycles. The molecule has 0 bridgehead atoms. The molecule has 0 unspecified atom stereocenters. The van der Waals surface area contributed by atoms with Gasteiger partial charge in [0.25, 0.3) is 0 Å². The van der Waals surface area contributed by atoms with Crippen LogP contribution < -0.4 is 11.1 Å². The lowest BCUT2D eigenvalue weighted by Gasteiger charge is -2.26. The van der Waals surface area contributed by atoms with Crippen LogP contribution >= 0.6 is 24.2 Å². The Kier molecular flexibility index (Phi) is 9.18. The zero-order chi connectivity index (χ0) is 11.1. The third-order valence-corrected chi connectivity index (χ3v) is 3.59. The van der Waals surface area contributed by atoms with Crippen molar-refractivity contribution < 1.29 is 4.79 Å². The van der Waals surface area contributed by atoms with Crippen LogP contribution in [0.3, 0.4) is 0 Å². The van der Waals surface area contributed by atoms with Gasteiger partial charge in [-0.05, 0) is 44.1 Å². The van der Waals surface area contributed by atoms with Crippen LogP contribution in [0.5, 0.6) is 0 Å². The Labute approximate surface area is 109 Å². The Morgan fingerprint density at radius 3 is 2.56 bits per heavy atom. The second-order valence-electron chi connectivity index (χ2n) is 4.28. The lowest BCUT2D eigenvalue weighted by Crippen LogP contribution is -2.40. The number of halogens is 1. The lowest BCUT2D eigenvalue weighted by atomic mass is 9.92. The fourth-order valence-corrected chi connectivity index (χ4v) is 2.37. The monoisotopic (exact) mass is 266 g/mol. The van der Waals surface area contributed by atoms with Gasteiger partial charge in [0.15, 0.2) is 0 Å². The first kappa shape index (κ1) is 16.1. The summed E-state index contributed by atoms with van der Waals surface area (Å²) in [6.07, 6.45) is 7.93. The molecule has 1 saturated carbocycles. The fraction of sp³-hybridized carbons (Fsp3) is 0.909. The predicted octanol–water partition coefficient (Wildman–Crippen LogP) is 1.94. The third kappa shape index (κ3) is 6.61. The number of nitrogens with one attached hydrogen (secondary N) is 1. The van der Waals surface area contributed by atoms with Gasteiger partial charge in [-0.2, -0.15) is 11.8 Å². The standard InChI is InChI=1S/C11H22N2OS.ClH/c1-15-8-2-3-11(14)13-10-6-4-9(12)5-7-10;/h9-10H,2-8,12H2,1H3,(H,13,14);1H. The molecule has 0 aliphatic heterocycles. The molecule has 16 heavy (non-hydrogen) atoms. The minimum absolute atomic E-state index is 0. The van der Waals surface area contributed by atoms with Crippen LogP contribution in [0.2, 0.25) is 0 Å². The van der Waals surface area contributed by atoms with E-state index in [0.29, 0.717) is 18.5 Å². The van der Waals surface area contributed by atoms with Crippen LogP contribution in [0, 0.1) is 0 Å². The summed E-state index contributed by atoms with van der Waals surface area (Å²) in [5.41, 5.74) is 5.81. The van der Waals surface area contributed by atoms with Crippen LogP contribution in [0.25, 0.3) is 0 Å². The summed E-state index contributed by atoms with van der Waals surface area (Å²) in [6.45, 7) is 0. The smallest absolute Gasteiger partial charge is 0.220 e. The van der Waals surface area contributed by atoms with Gasteiger partial charge in [-0.15, -0.1) is 12.4 Å². The third-order valence-electron chi connectivity index (χ3n) is 2.89. The molecular formula is C11H23ClN2OS. The largest absolute Gasteiger partial charge is 0.353 e. The van der Waals surface area contributed by atoms with Crippen molar-refractivity contribution in [2.75, 3.05) is 12.0 Å². The molecule has 0 saturated heterocycles. The zero-order valence-corrected chi connectivity index (χ0v) is 11.5. The first-order valence-corrected chi connectivity index (χ1v) is 7.15. The molecule has 1 amide bonds. The lowest BCUT2D eigenvalue weighted by molar-refractivity contribution is -0.122. The Morgan fingerprint density at radius 2 is 2.00 bits per heavy atom. The summed E-state index contributed by atoms with van der Waals surface area (Å²) in [5, 5.41) is 3.09. The summed E-state index contributed by atoms with van der Waals surface area (Å²) in [4.78, 5) is 11.5. The highest BCUT2D eigenvalue weighted by Crippen LogP contribution is 2.17. The number of carbonyl (C=O) groups excluding carboxylic acids is 1. The van der Waals surface area contributed by atoms with Crippen LogP contribution in [0.4, 0.5) is 0 Å². The highest BCUT2D eigenvalue weighted by Gasteiger charge is 2.19. The van der Waals surface area contributed by atoms with E-state index in [1.165, 1.54) is 0 Å². The number of amides is 1. The van der Waals surface area contributed by atoms with Gasteiger partial charge in [-0.3, -0.25) is 4.79 Å². The topological polar surface area (TPSA) is 55.1 Å². The second-order valence-corrected chi connectivity index (χ2v) is 5.26. The summed E-state index contributed by atoms with van der Waals surface area (Å²) in [7, 11) is 0. The van der Waals surface area contributed by atoms with E-state index in [1.54, 1.807) is 11.8 Å². The molecular weight excluding hydrogens is 244 g/mol. The quantitative estimate of drug-likeness (QED) is 0.748. The molecule has 1 aliphatic rings. The van der Waals surface area contributed by atoms with Crippen molar-refractivity contribution in [2.24, 2.45) is 5.73 Å². The molecule has 3 N–H and O–H groups in total. The summed E-state index contributed by atoms with van der Waals surface area (Å²) >= 11 is 1.79. The highest BCUT2D eigenvalue weighted by atomic mass is 35.5. The Balaban J connectivity index is 0.00000225. The van der Waals surface area contributed by atoms with Crippen LogP contribution in [-0.2, 0) is 4.79 Å². The van der Waals surface area contributed by atoms with Crippen molar-refractivity contribution in [3.8, 4) is 0 Å². The van der Waals surface area contributed by atoms with Crippen molar-refractivity contribution in [2.45, 2.75) is 50.6 Å². The highest BCUT2D eigenvalue weighted by molar-refractivity contribution is 7.98. The van der Waals surface area contributed by atoms with E-state index < -0.39 is 0 Å². The number of carbonyl (C=O) groups is 1. The zero-order valence-electron chi connectivity index (χ0n) is 9.91. The van der Waals surface area contributed by atoms with Gasteiger partial charge in [0.2, 0.25) is 5.91 Å². The van der Waals surface area contributed by atoms with Gasteiger partial charge >= 0.3 is 0 Å². The minimum Gasteiger partial charge on any atom is -0.353 e. The maximum atomic E-state index is 11.5. The average molecular weight is 267 g/mol. The van der Waals surface area contributed by atoms with Gasteiger partial charge in [-0.25, -0.2) is 0 Å². The first-order chi connectivity index (χ1) is 7.22. The SMILES string of the molecule is CSCCCC(=O)NC1CCC(N)CC1.Cl. The molecule has 0 atom stereocenters. The van der Waals surface area contributed by atoms with E-state index >= 15 is 0 Å². The molecule has 5 heteroatoms. The molecule has 0 heterocycles. The van der Waals surface area contributed by atoms with Crippen LogP contribution in [0.15, 0.2) is 0 Å². The van der Waals surface area contributed by atoms with E-state index in [2.05, 4.69) is 11.6 Å². The molecule has 96 valence electrons. The van der Waals surface area contributed by atoms with Crippen LogP contribution in [0.1, 0.15) is 38.5 Å². The van der Waals surface area contributed by atoms with Gasteiger partial charge in [0, 0.05) is 18.5 Å². The molecule has 0 spiro atoms. The van der Waals surface area contributed by atoms with Crippen molar-refractivity contribution in [3.63, 3.8) is 0 Å². The number of thioether (sulfide) groups is 1. The van der Waals surface area contributed by atoms with Gasteiger partial charge in [0.1, 0.15) is 0 Å². The van der Waals surface area contributed by atoms with Gasteiger partial charge in [0.05, 0.1) is 0 Å². The fourth-order valence-electron chi connectivity index (χ4n) is 1.94. The van der Waals surface area contributed by atoms with Crippen molar-refractivity contribution >= 4 is 30.1 Å². The molecule has 0 radical (unpaired) electrons. The van der Waals surface area contributed by atoms with Crippen molar-refractivity contribution in [1.82, 2.24) is 5.32 Å². The Bertz CT molecular complexity index is 196. The number of hydrogen-bond donors (Lipinski definition) is 2. The second kappa shape index (κ2) is 9.14. The van der Waals surface area contributed by atoms with E-state index in [-0.39, 0.29) is 18.3 Å². The van der Waals surface area contributed by atoms with Gasteiger partial charge < -0.3 is 11.1 Å². The predicted molar refractivity (Wildman–Crippen MR) is 73.2 cm³/mol. The van der Waals surface area contributed by atoms with E-state index in [9.17, 15) is 4.79 Å². The molecule has 3 nitrogen and oxygen atoms in total. The molecule has 0 aromatic carbocycles. The molecule has 1 fully saturated rings. The van der Waals surface area contributed by atoms with E-state index in [0.717, 1.165) is 37.9 Å². The number of rotatable bonds is 5. The summed E-state index contributed by atoms with van der Waals surface area (Å²) in [6, 6.07) is 0.737. The van der Waals surface area contributed by atoms with Crippen molar-refractivity contribution in [3.05, 3.63) is 0 Å². The van der Waals surface area contributed by atoms with Gasteiger partial charge in [-0.1, -0.05) is 0 Å². The van der Waals surface area contributed by atoms with Crippen molar-refractivity contribution in [1.29, 1.82) is 0 Å². The number of nitrogens with two attached hydrogens (primary N) is 1. The molecule has 1 rings (SSSR count). The molecule has 0 aromatic rings. The minimum atomic E-state index is 0. The Morgan fingerprint density at radius 1 is 1.38 bits per heavy atom. The normalized spacial score (nSPS) is 24.6. The summed E-state index contributed by atoms with van der Waals surface area (Å²) in [5.74, 6) is 1.28. The molecule has 1 aliphatic carbocycles.